The van der Waals surface area contributed by atoms with E-state index in [1.54, 1.807) is 0 Å². The van der Waals surface area contributed by atoms with Gasteiger partial charge in [-0.2, -0.15) is 0 Å². The van der Waals surface area contributed by atoms with Crippen molar-refractivity contribution in [2.75, 3.05) is 19.6 Å². The zero-order chi connectivity index (χ0) is 20.9. The monoisotopic (exact) mass is 422 g/mol. The number of carbonyl (C=O) groups is 1. The summed E-state index contributed by atoms with van der Waals surface area (Å²) in [5.41, 5.74) is 0.783. The minimum Gasteiger partial charge on any atom is -0.391 e. The van der Waals surface area contributed by atoms with Crippen molar-refractivity contribution in [2.45, 2.75) is 69.8 Å². The summed E-state index contributed by atoms with van der Waals surface area (Å²) in [5.74, 6) is -0.0559. The average molecular weight is 423 g/mol. The van der Waals surface area contributed by atoms with E-state index in [0.29, 0.717) is 32.5 Å². The number of benzene rings is 1. The molecule has 1 aliphatic carbocycles. The highest BCUT2D eigenvalue weighted by Gasteiger charge is 2.37. The van der Waals surface area contributed by atoms with Crippen LogP contribution in [0.4, 0.5) is 0 Å². The van der Waals surface area contributed by atoms with E-state index >= 15 is 0 Å². The minimum absolute atomic E-state index is 0.00266. The van der Waals surface area contributed by atoms with Crippen LogP contribution in [0.2, 0.25) is 0 Å². The second-order valence-corrected chi connectivity index (χ2v) is 10.3. The predicted molar refractivity (Wildman–Crippen MR) is 114 cm³/mol. The first-order chi connectivity index (χ1) is 13.9. The first-order valence-corrected chi connectivity index (χ1v) is 12.5. The Morgan fingerprint density at radius 2 is 1.76 bits per heavy atom. The van der Waals surface area contributed by atoms with Crippen LogP contribution in [-0.4, -0.2) is 60.4 Å². The lowest BCUT2D eigenvalue weighted by molar-refractivity contribution is -0.143. The second-order valence-electron chi connectivity index (χ2n) is 8.37. The first kappa shape index (κ1) is 22.2. The third-order valence-corrected chi connectivity index (χ3v) is 8.08. The summed E-state index contributed by atoms with van der Waals surface area (Å²) in [4.78, 5) is 15.1. The molecule has 0 radical (unpaired) electrons. The first-order valence-electron chi connectivity index (χ1n) is 10.9. The summed E-state index contributed by atoms with van der Waals surface area (Å²) in [6.45, 7) is 3.48. The van der Waals surface area contributed by atoms with Crippen molar-refractivity contribution in [3.05, 3.63) is 35.9 Å². The van der Waals surface area contributed by atoms with Crippen LogP contribution in [-0.2, 0) is 20.6 Å². The van der Waals surface area contributed by atoms with Crippen molar-refractivity contribution >= 4 is 15.9 Å². The smallest absolute Gasteiger partial charge is 0.226 e. The van der Waals surface area contributed by atoms with Gasteiger partial charge in [0.1, 0.15) is 0 Å². The van der Waals surface area contributed by atoms with Gasteiger partial charge < -0.3 is 10.0 Å². The second kappa shape index (κ2) is 10.0. The third kappa shape index (κ3) is 5.58. The molecule has 1 heterocycles. The van der Waals surface area contributed by atoms with Gasteiger partial charge in [-0.25, -0.2) is 12.7 Å². The Morgan fingerprint density at radius 1 is 1.10 bits per heavy atom. The van der Waals surface area contributed by atoms with Crippen LogP contribution in [0, 0.1) is 5.92 Å². The number of hydrogen-bond donors (Lipinski definition) is 1. The normalized spacial score (nSPS) is 24.3. The van der Waals surface area contributed by atoms with Crippen molar-refractivity contribution < 1.29 is 18.3 Å². The van der Waals surface area contributed by atoms with Crippen LogP contribution in [0.25, 0.3) is 0 Å². The molecule has 2 aliphatic rings. The van der Waals surface area contributed by atoms with Crippen molar-refractivity contribution in [3.8, 4) is 0 Å². The van der Waals surface area contributed by atoms with E-state index in [4.69, 9.17) is 0 Å². The van der Waals surface area contributed by atoms with E-state index in [1.165, 1.54) is 4.31 Å². The Bertz CT molecular complexity index is 760. The van der Waals surface area contributed by atoms with E-state index in [-0.39, 0.29) is 23.6 Å². The van der Waals surface area contributed by atoms with Gasteiger partial charge in [-0.3, -0.25) is 4.79 Å². The lowest BCUT2D eigenvalue weighted by Gasteiger charge is -2.40. The molecule has 29 heavy (non-hydrogen) atoms. The van der Waals surface area contributed by atoms with Crippen molar-refractivity contribution in [3.63, 3.8) is 0 Å². The van der Waals surface area contributed by atoms with Gasteiger partial charge in [0, 0.05) is 25.6 Å². The molecule has 0 aromatic heterocycles. The van der Waals surface area contributed by atoms with Crippen LogP contribution < -0.4 is 0 Å². The lowest BCUT2D eigenvalue weighted by atomic mass is 9.89. The number of amides is 1. The summed E-state index contributed by atoms with van der Waals surface area (Å²) in [7, 11) is -3.38. The van der Waals surface area contributed by atoms with Gasteiger partial charge >= 0.3 is 0 Å². The van der Waals surface area contributed by atoms with Gasteiger partial charge in [0.25, 0.3) is 0 Å². The molecule has 1 saturated heterocycles. The highest BCUT2D eigenvalue weighted by Crippen LogP contribution is 2.28. The van der Waals surface area contributed by atoms with Crippen LogP contribution in [0.5, 0.6) is 0 Å². The number of hydrogen-bond acceptors (Lipinski definition) is 4. The van der Waals surface area contributed by atoms with Gasteiger partial charge in [0.15, 0.2) is 0 Å². The fourth-order valence-electron chi connectivity index (χ4n) is 4.63. The molecular formula is C22H34N2O4S. The SMILES string of the molecule is CCCN(C(=O)C1CCN(S(=O)(=O)Cc2ccccc2)CC1)[C@H]1CCCC[C@H]1O. The standard InChI is InChI=1S/C22H34N2O4S/c1-2-14-24(20-10-6-7-11-21(20)25)22(26)19-12-15-23(16-13-19)29(27,28)17-18-8-4-3-5-9-18/h3-5,8-9,19-21,25H,2,6-7,10-17H2,1H3/t20-,21+/m0/s1. The molecule has 1 saturated carbocycles. The predicted octanol–water partition coefficient (Wildman–Crippen LogP) is 2.77. The number of rotatable bonds is 7. The van der Waals surface area contributed by atoms with Gasteiger partial charge in [-0.05, 0) is 37.7 Å². The molecule has 2 atom stereocenters. The van der Waals surface area contributed by atoms with Gasteiger partial charge in [-0.1, -0.05) is 50.1 Å². The van der Waals surface area contributed by atoms with Gasteiger partial charge in [0.2, 0.25) is 15.9 Å². The Morgan fingerprint density at radius 3 is 2.38 bits per heavy atom. The maximum Gasteiger partial charge on any atom is 0.226 e. The van der Waals surface area contributed by atoms with E-state index in [0.717, 1.165) is 37.7 Å². The van der Waals surface area contributed by atoms with Crippen molar-refractivity contribution in [1.29, 1.82) is 0 Å². The molecule has 3 rings (SSSR count). The maximum absolute atomic E-state index is 13.2. The van der Waals surface area contributed by atoms with Crippen molar-refractivity contribution in [2.24, 2.45) is 5.92 Å². The number of piperidine rings is 1. The number of nitrogens with zero attached hydrogens (tertiary/aromatic N) is 2. The average Bonchev–Trinajstić information content (AvgIpc) is 2.73. The molecule has 0 spiro atoms. The lowest BCUT2D eigenvalue weighted by Crippen LogP contribution is -2.52. The van der Waals surface area contributed by atoms with Gasteiger partial charge in [-0.15, -0.1) is 0 Å². The van der Waals surface area contributed by atoms with Crippen molar-refractivity contribution in [1.82, 2.24) is 9.21 Å². The van der Waals surface area contributed by atoms with Crippen LogP contribution in [0.1, 0.15) is 57.4 Å². The Labute approximate surface area is 174 Å². The minimum atomic E-state index is -3.38. The molecular weight excluding hydrogens is 388 g/mol. The van der Waals surface area contributed by atoms with Crippen LogP contribution in [0.15, 0.2) is 30.3 Å². The Hall–Kier alpha value is -1.44. The molecule has 7 heteroatoms. The molecule has 1 aromatic rings. The van der Waals surface area contributed by atoms with Gasteiger partial charge in [0.05, 0.1) is 17.9 Å². The molecule has 1 amide bonds. The zero-order valence-corrected chi connectivity index (χ0v) is 18.2. The number of aliphatic hydroxyl groups is 1. The fourth-order valence-corrected chi connectivity index (χ4v) is 6.19. The Balaban J connectivity index is 1.60. The molecule has 1 aromatic carbocycles. The van der Waals surface area contributed by atoms with Crippen LogP contribution >= 0.6 is 0 Å². The summed E-state index contributed by atoms with van der Waals surface area (Å²) < 4.78 is 27.0. The zero-order valence-electron chi connectivity index (χ0n) is 17.4. The molecule has 162 valence electrons. The summed E-state index contributed by atoms with van der Waals surface area (Å²) in [6, 6.07) is 9.13. The summed E-state index contributed by atoms with van der Waals surface area (Å²) in [6.07, 6.45) is 5.21. The topological polar surface area (TPSA) is 77.9 Å². The molecule has 1 aliphatic heterocycles. The highest BCUT2D eigenvalue weighted by atomic mass is 32.2. The van der Waals surface area contributed by atoms with E-state index in [2.05, 4.69) is 0 Å². The number of aliphatic hydroxyl groups excluding tert-OH is 1. The highest BCUT2D eigenvalue weighted by molar-refractivity contribution is 7.88. The number of sulfonamides is 1. The fraction of sp³-hybridized carbons (Fsp3) is 0.682. The summed E-state index contributed by atoms with van der Waals surface area (Å²) >= 11 is 0. The van der Waals surface area contributed by atoms with E-state index < -0.39 is 16.1 Å². The molecule has 0 bridgehead atoms. The third-order valence-electron chi connectivity index (χ3n) is 6.23. The van der Waals surface area contributed by atoms with E-state index in [1.807, 2.05) is 42.2 Å². The maximum atomic E-state index is 13.2. The van der Waals surface area contributed by atoms with E-state index in [9.17, 15) is 18.3 Å². The molecule has 6 nitrogen and oxygen atoms in total. The molecule has 2 fully saturated rings. The summed E-state index contributed by atoms with van der Waals surface area (Å²) in [5, 5.41) is 10.4. The Kier molecular flexibility index (Phi) is 7.71. The quantitative estimate of drug-likeness (QED) is 0.733. The largest absolute Gasteiger partial charge is 0.391 e. The van der Waals surface area contributed by atoms with Crippen LogP contribution in [0.3, 0.4) is 0 Å². The number of carbonyl (C=O) groups excluding carboxylic acids is 1. The molecule has 1 N–H and O–H groups in total. The molecule has 0 unspecified atom stereocenters.